The molecule has 1 aliphatic rings. The largest absolute Gasteiger partial charge is 0.322 e. The van der Waals surface area contributed by atoms with Crippen LogP contribution in [0.4, 0.5) is 8.78 Å². The van der Waals surface area contributed by atoms with E-state index in [1.54, 1.807) is 13.8 Å². The van der Waals surface area contributed by atoms with Gasteiger partial charge in [0.15, 0.2) is 0 Å². The molecule has 1 aromatic rings. The predicted molar refractivity (Wildman–Crippen MR) is 70.8 cm³/mol. The van der Waals surface area contributed by atoms with E-state index >= 15 is 0 Å². The molecular formula is C13H18F2NO2P. The van der Waals surface area contributed by atoms with Crippen LogP contribution in [-0.2, 0) is 9.09 Å². The summed E-state index contributed by atoms with van der Waals surface area (Å²) < 4.78 is 45.3. The Hall–Kier alpha value is -0.770. The quantitative estimate of drug-likeness (QED) is 0.808. The second kappa shape index (κ2) is 4.37. The molecule has 2 rings (SSSR count). The number of hydrogen-bond acceptors (Lipinski definition) is 3. The van der Waals surface area contributed by atoms with Gasteiger partial charge in [-0.05, 0) is 39.8 Å². The van der Waals surface area contributed by atoms with Crippen molar-refractivity contribution < 1.29 is 17.9 Å². The minimum absolute atomic E-state index is 0.0676. The van der Waals surface area contributed by atoms with Crippen molar-refractivity contribution in [2.75, 3.05) is 6.61 Å². The monoisotopic (exact) mass is 289 g/mol. The zero-order valence-corrected chi connectivity index (χ0v) is 12.4. The molecule has 3 nitrogen and oxygen atoms in total. The zero-order chi connectivity index (χ0) is 14.5. The Bertz CT molecular complexity index is 537. The van der Waals surface area contributed by atoms with Crippen molar-refractivity contribution in [2.45, 2.75) is 38.5 Å². The number of hydrogen-bond donors (Lipinski definition) is 1. The number of halogens is 2. The first-order valence-corrected chi connectivity index (χ1v) is 7.69. The summed E-state index contributed by atoms with van der Waals surface area (Å²) in [6, 6.07) is 2.90. The van der Waals surface area contributed by atoms with Crippen molar-refractivity contribution in [3.8, 4) is 0 Å². The first-order valence-electron chi connectivity index (χ1n) is 6.06. The Balaban J connectivity index is 2.50. The van der Waals surface area contributed by atoms with Crippen LogP contribution in [0.3, 0.4) is 0 Å². The first-order chi connectivity index (χ1) is 8.56. The van der Waals surface area contributed by atoms with E-state index in [4.69, 9.17) is 4.52 Å². The maximum atomic E-state index is 13.3. The molecule has 0 saturated carbocycles. The van der Waals surface area contributed by atoms with Gasteiger partial charge in [-0.2, -0.15) is 0 Å². The molecule has 1 heterocycles. The molecule has 0 bridgehead atoms. The van der Waals surface area contributed by atoms with Gasteiger partial charge in [0.2, 0.25) is 0 Å². The van der Waals surface area contributed by atoms with E-state index in [9.17, 15) is 13.3 Å². The number of benzene rings is 1. The highest BCUT2D eigenvalue weighted by Crippen LogP contribution is 2.59. The molecule has 1 atom stereocenters. The van der Waals surface area contributed by atoms with Crippen molar-refractivity contribution in [3.63, 3.8) is 0 Å². The van der Waals surface area contributed by atoms with Gasteiger partial charge in [0.1, 0.15) is 11.6 Å². The standard InChI is InChI=1S/C13H18F2NO2P/c1-12(2)8-18-19(17,13(3,4)16-12)11-6-9(14)5-10(15)7-11/h5-7,16H,8H2,1-4H3/t19-/m0/s1. The van der Waals surface area contributed by atoms with Crippen LogP contribution in [0.25, 0.3) is 0 Å². The minimum Gasteiger partial charge on any atom is -0.322 e. The molecule has 0 aromatic heterocycles. The summed E-state index contributed by atoms with van der Waals surface area (Å²) >= 11 is 0. The van der Waals surface area contributed by atoms with Crippen molar-refractivity contribution in [2.24, 2.45) is 0 Å². The molecule has 1 saturated heterocycles. The summed E-state index contributed by atoms with van der Waals surface area (Å²) in [5.74, 6) is -1.51. The van der Waals surface area contributed by atoms with E-state index in [0.717, 1.165) is 18.2 Å². The van der Waals surface area contributed by atoms with E-state index in [1.807, 2.05) is 13.8 Å². The van der Waals surface area contributed by atoms with Crippen LogP contribution >= 0.6 is 7.37 Å². The fourth-order valence-electron chi connectivity index (χ4n) is 2.46. The maximum Gasteiger partial charge on any atom is 0.251 e. The van der Waals surface area contributed by atoms with Gasteiger partial charge in [-0.15, -0.1) is 0 Å². The smallest absolute Gasteiger partial charge is 0.251 e. The highest BCUT2D eigenvalue weighted by atomic mass is 31.2. The van der Waals surface area contributed by atoms with Crippen LogP contribution in [0.2, 0.25) is 0 Å². The Morgan fingerprint density at radius 2 is 1.68 bits per heavy atom. The third-order valence-electron chi connectivity index (χ3n) is 3.17. The highest BCUT2D eigenvalue weighted by Gasteiger charge is 2.50. The lowest BCUT2D eigenvalue weighted by atomic mass is 10.1. The molecule has 0 unspecified atom stereocenters. The van der Waals surface area contributed by atoms with E-state index in [0.29, 0.717) is 0 Å². The molecular weight excluding hydrogens is 271 g/mol. The molecule has 0 radical (unpaired) electrons. The second-order valence-corrected chi connectivity index (χ2v) is 9.02. The molecule has 0 spiro atoms. The van der Waals surface area contributed by atoms with E-state index in [1.165, 1.54) is 0 Å². The van der Waals surface area contributed by atoms with Gasteiger partial charge in [-0.25, -0.2) is 8.78 Å². The maximum absolute atomic E-state index is 13.3. The van der Waals surface area contributed by atoms with Crippen LogP contribution in [0, 0.1) is 11.6 Å². The van der Waals surface area contributed by atoms with E-state index in [-0.39, 0.29) is 17.5 Å². The van der Waals surface area contributed by atoms with Gasteiger partial charge < -0.3 is 4.52 Å². The fourth-order valence-corrected chi connectivity index (χ4v) is 5.12. The first kappa shape index (κ1) is 14.6. The summed E-state index contributed by atoms with van der Waals surface area (Å²) in [6.45, 7) is 7.50. The molecule has 19 heavy (non-hydrogen) atoms. The molecule has 0 aliphatic carbocycles. The van der Waals surface area contributed by atoms with Gasteiger partial charge >= 0.3 is 0 Å². The third-order valence-corrected chi connectivity index (χ3v) is 6.19. The SMILES string of the molecule is CC1(C)CO[P@@](=O)(c2cc(F)cc(F)c2)C(C)(C)N1. The van der Waals surface area contributed by atoms with Crippen LogP contribution in [0.15, 0.2) is 18.2 Å². The second-order valence-electron chi connectivity index (χ2n) is 6.02. The molecule has 6 heteroatoms. The van der Waals surface area contributed by atoms with Crippen molar-refractivity contribution >= 4 is 12.7 Å². The summed E-state index contributed by atoms with van der Waals surface area (Å²) in [5.41, 5.74) is -0.344. The fraction of sp³-hybridized carbons (Fsp3) is 0.538. The molecule has 1 fully saturated rings. The Morgan fingerprint density at radius 1 is 1.16 bits per heavy atom. The lowest BCUT2D eigenvalue weighted by molar-refractivity contribution is 0.147. The summed E-state index contributed by atoms with van der Waals surface area (Å²) in [6.07, 6.45) is 0. The van der Waals surface area contributed by atoms with Crippen molar-refractivity contribution in [3.05, 3.63) is 29.8 Å². The Labute approximate surface area is 111 Å². The van der Waals surface area contributed by atoms with Crippen molar-refractivity contribution in [1.29, 1.82) is 0 Å². The number of rotatable bonds is 1. The van der Waals surface area contributed by atoms with Gasteiger partial charge in [0, 0.05) is 16.9 Å². The van der Waals surface area contributed by atoms with Gasteiger partial charge in [-0.1, -0.05) is 0 Å². The number of nitrogens with one attached hydrogen (secondary N) is 1. The summed E-state index contributed by atoms with van der Waals surface area (Å²) in [4.78, 5) is 0. The lowest BCUT2D eigenvalue weighted by Crippen LogP contribution is -2.59. The van der Waals surface area contributed by atoms with E-state index in [2.05, 4.69) is 5.32 Å². The average molecular weight is 289 g/mol. The van der Waals surface area contributed by atoms with Gasteiger partial charge in [0.05, 0.1) is 11.9 Å². The third kappa shape index (κ3) is 2.60. The highest BCUT2D eigenvalue weighted by molar-refractivity contribution is 7.68. The van der Waals surface area contributed by atoms with E-state index < -0.39 is 24.3 Å². The van der Waals surface area contributed by atoms with Crippen molar-refractivity contribution in [1.82, 2.24) is 5.32 Å². The van der Waals surface area contributed by atoms with Crippen LogP contribution < -0.4 is 10.6 Å². The molecule has 1 aromatic carbocycles. The summed E-state index contributed by atoms with van der Waals surface area (Å²) in [5, 5.41) is 2.40. The summed E-state index contributed by atoms with van der Waals surface area (Å²) in [7, 11) is -3.39. The van der Waals surface area contributed by atoms with Crippen LogP contribution in [0.1, 0.15) is 27.7 Å². The molecule has 1 aliphatic heterocycles. The zero-order valence-electron chi connectivity index (χ0n) is 11.5. The van der Waals surface area contributed by atoms with Crippen LogP contribution in [-0.4, -0.2) is 17.4 Å². The minimum atomic E-state index is -3.39. The normalized spacial score (nSPS) is 29.2. The van der Waals surface area contributed by atoms with Crippen LogP contribution in [0.5, 0.6) is 0 Å². The predicted octanol–water partition coefficient (Wildman–Crippen LogP) is 3.00. The lowest BCUT2D eigenvalue weighted by Gasteiger charge is -2.47. The molecule has 106 valence electrons. The topological polar surface area (TPSA) is 38.3 Å². The van der Waals surface area contributed by atoms with Gasteiger partial charge in [-0.3, -0.25) is 9.88 Å². The van der Waals surface area contributed by atoms with Gasteiger partial charge in [0.25, 0.3) is 7.37 Å². The molecule has 1 N–H and O–H groups in total. The Kier molecular flexibility index (Phi) is 3.37. The Morgan fingerprint density at radius 3 is 2.16 bits per heavy atom. The average Bonchev–Trinajstić information content (AvgIpc) is 2.21. The molecule has 0 amide bonds.